The summed E-state index contributed by atoms with van der Waals surface area (Å²) in [5.41, 5.74) is 1.92. The van der Waals surface area contributed by atoms with E-state index in [2.05, 4.69) is 62.3 Å². The van der Waals surface area contributed by atoms with Gasteiger partial charge in [0, 0.05) is 70.4 Å². The quantitative estimate of drug-likeness (QED) is 0.529. The Hall–Kier alpha value is -2.87. The molecular formula is C27H35N5O2. The lowest BCUT2D eigenvalue weighted by Gasteiger charge is -2.39. The van der Waals surface area contributed by atoms with Crippen LogP contribution in [0.1, 0.15) is 12.0 Å². The third-order valence-electron chi connectivity index (χ3n) is 6.90. The second-order valence-corrected chi connectivity index (χ2v) is 9.55. The molecule has 34 heavy (non-hydrogen) atoms. The van der Waals surface area contributed by atoms with E-state index in [-0.39, 0.29) is 0 Å². The zero-order chi connectivity index (χ0) is 23.2. The highest BCUT2D eigenvalue weighted by molar-refractivity contribution is 5.46. The summed E-state index contributed by atoms with van der Waals surface area (Å²) in [5.74, 6) is 0.878. The van der Waals surface area contributed by atoms with Crippen LogP contribution in [0.4, 0.5) is 5.69 Å². The number of likely N-dealkylation sites (tertiary alicyclic amines) is 1. The number of nitrogens with zero attached hydrogens (tertiary/aromatic N) is 5. The van der Waals surface area contributed by atoms with Crippen molar-refractivity contribution in [1.82, 2.24) is 19.6 Å². The fourth-order valence-corrected chi connectivity index (χ4v) is 5.06. The molecule has 2 aliphatic heterocycles. The van der Waals surface area contributed by atoms with Crippen LogP contribution in [0.3, 0.4) is 0 Å². The lowest BCUT2D eigenvalue weighted by Crippen LogP contribution is -2.52. The van der Waals surface area contributed by atoms with Crippen LogP contribution < -0.4 is 9.64 Å². The number of rotatable bonds is 9. The van der Waals surface area contributed by atoms with Crippen molar-refractivity contribution in [2.45, 2.75) is 25.1 Å². The number of benzene rings is 2. The van der Waals surface area contributed by atoms with E-state index < -0.39 is 5.60 Å². The van der Waals surface area contributed by atoms with Crippen LogP contribution in [-0.4, -0.2) is 82.7 Å². The lowest BCUT2D eigenvalue weighted by atomic mass is 10.0. The van der Waals surface area contributed by atoms with Gasteiger partial charge in [-0.05, 0) is 42.3 Å². The van der Waals surface area contributed by atoms with E-state index in [9.17, 15) is 5.11 Å². The number of aliphatic hydroxyl groups is 1. The Morgan fingerprint density at radius 3 is 2.41 bits per heavy atom. The molecule has 7 heteroatoms. The van der Waals surface area contributed by atoms with Gasteiger partial charge in [-0.3, -0.25) is 14.5 Å². The van der Waals surface area contributed by atoms with Gasteiger partial charge in [-0.1, -0.05) is 30.3 Å². The van der Waals surface area contributed by atoms with Gasteiger partial charge >= 0.3 is 0 Å². The average Bonchev–Trinajstić information content (AvgIpc) is 3.51. The summed E-state index contributed by atoms with van der Waals surface area (Å²) < 4.78 is 7.70. The Morgan fingerprint density at radius 1 is 0.882 bits per heavy atom. The molecule has 0 bridgehead atoms. The predicted molar refractivity (Wildman–Crippen MR) is 134 cm³/mol. The number of β-amino-alcohol motifs (C(OH)–C–C–N with tert-alkyl or cyclic N) is 1. The standard InChI is InChI=1S/C27H35N5O2/c33-27(22-29-15-17-31(18-16-29)25-5-2-1-3-6-25)11-14-30(23-27)21-24-7-9-26(10-8-24)34-20-19-32-13-4-12-28-32/h1-10,12-13,33H,11,14-23H2/t27-/m1/s1. The van der Waals surface area contributed by atoms with Crippen molar-refractivity contribution in [1.29, 1.82) is 0 Å². The molecule has 0 aliphatic carbocycles. The summed E-state index contributed by atoms with van der Waals surface area (Å²) in [6.45, 7) is 8.64. The fourth-order valence-electron chi connectivity index (χ4n) is 5.06. The van der Waals surface area contributed by atoms with Crippen LogP contribution in [0.25, 0.3) is 0 Å². The average molecular weight is 462 g/mol. The molecule has 1 aromatic heterocycles. The van der Waals surface area contributed by atoms with Gasteiger partial charge in [0.15, 0.2) is 0 Å². The maximum Gasteiger partial charge on any atom is 0.119 e. The third-order valence-corrected chi connectivity index (χ3v) is 6.90. The summed E-state index contributed by atoms with van der Waals surface area (Å²) in [4.78, 5) is 7.23. The highest BCUT2D eigenvalue weighted by Gasteiger charge is 2.38. The van der Waals surface area contributed by atoms with Crippen LogP contribution in [-0.2, 0) is 13.1 Å². The summed E-state index contributed by atoms with van der Waals surface area (Å²) in [6.07, 6.45) is 4.55. The Morgan fingerprint density at radius 2 is 1.68 bits per heavy atom. The SMILES string of the molecule is O[C@@]1(CN2CCN(c3ccccc3)CC2)CCN(Cc2ccc(OCCn3cccn3)cc2)C1. The lowest BCUT2D eigenvalue weighted by molar-refractivity contribution is 0.00978. The third kappa shape index (κ3) is 5.97. The first-order valence-corrected chi connectivity index (χ1v) is 12.3. The van der Waals surface area contributed by atoms with Crippen molar-refractivity contribution in [2.75, 3.05) is 57.3 Å². The zero-order valence-electron chi connectivity index (χ0n) is 19.8. The van der Waals surface area contributed by atoms with E-state index in [4.69, 9.17) is 4.74 Å². The molecule has 2 saturated heterocycles. The first kappa shape index (κ1) is 22.9. The molecule has 7 nitrogen and oxygen atoms in total. The molecule has 5 rings (SSSR count). The largest absolute Gasteiger partial charge is 0.492 e. The monoisotopic (exact) mass is 461 g/mol. The van der Waals surface area contributed by atoms with E-state index in [1.807, 2.05) is 29.1 Å². The minimum atomic E-state index is -0.621. The van der Waals surface area contributed by atoms with Gasteiger partial charge in [0.25, 0.3) is 0 Å². The minimum Gasteiger partial charge on any atom is -0.492 e. The van der Waals surface area contributed by atoms with Crippen molar-refractivity contribution in [2.24, 2.45) is 0 Å². The van der Waals surface area contributed by atoms with Crippen molar-refractivity contribution >= 4 is 5.69 Å². The first-order valence-electron chi connectivity index (χ1n) is 12.3. The smallest absolute Gasteiger partial charge is 0.119 e. The number of anilines is 1. The van der Waals surface area contributed by atoms with Crippen molar-refractivity contribution < 1.29 is 9.84 Å². The minimum absolute atomic E-state index is 0.597. The van der Waals surface area contributed by atoms with E-state index in [0.717, 1.165) is 71.1 Å². The first-order chi connectivity index (χ1) is 16.7. The van der Waals surface area contributed by atoms with E-state index in [0.29, 0.717) is 6.61 Å². The molecule has 3 aromatic rings. The van der Waals surface area contributed by atoms with Gasteiger partial charge < -0.3 is 14.7 Å². The molecule has 0 spiro atoms. The van der Waals surface area contributed by atoms with Gasteiger partial charge in [-0.2, -0.15) is 5.10 Å². The Bertz CT molecular complexity index is 1000. The van der Waals surface area contributed by atoms with Crippen molar-refractivity contribution in [3.05, 3.63) is 78.6 Å². The van der Waals surface area contributed by atoms with Gasteiger partial charge in [0.05, 0.1) is 12.1 Å². The molecule has 0 radical (unpaired) electrons. The summed E-state index contributed by atoms with van der Waals surface area (Å²) in [7, 11) is 0. The normalized spacial score (nSPS) is 21.7. The number of hydrogen-bond acceptors (Lipinski definition) is 6. The van der Waals surface area contributed by atoms with E-state index >= 15 is 0 Å². The molecule has 2 aromatic carbocycles. The van der Waals surface area contributed by atoms with Gasteiger partial charge in [-0.15, -0.1) is 0 Å². The maximum absolute atomic E-state index is 11.3. The molecule has 1 N–H and O–H groups in total. The van der Waals surface area contributed by atoms with Gasteiger partial charge in [0.1, 0.15) is 12.4 Å². The molecule has 2 aliphatic rings. The molecule has 0 unspecified atom stereocenters. The maximum atomic E-state index is 11.3. The highest BCUT2D eigenvalue weighted by atomic mass is 16.5. The molecule has 180 valence electrons. The highest BCUT2D eigenvalue weighted by Crippen LogP contribution is 2.26. The molecular weight excluding hydrogens is 426 g/mol. The van der Waals surface area contributed by atoms with E-state index in [1.165, 1.54) is 11.3 Å². The molecule has 0 amide bonds. The number of ether oxygens (including phenoxy) is 1. The Balaban J connectivity index is 1.05. The Kier molecular flexibility index (Phi) is 7.13. The number of hydrogen-bond donors (Lipinski definition) is 1. The second kappa shape index (κ2) is 10.6. The van der Waals surface area contributed by atoms with Crippen LogP contribution in [0.5, 0.6) is 5.75 Å². The van der Waals surface area contributed by atoms with Crippen LogP contribution in [0.2, 0.25) is 0 Å². The van der Waals surface area contributed by atoms with Crippen LogP contribution in [0.15, 0.2) is 73.1 Å². The zero-order valence-corrected chi connectivity index (χ0v) is 19.8. The van der Waals surface area contributed by atoms with Crippen molar-refractivity contribution in [3.63, 3.8) is 0 Å². The molecule has 1 atom stereocenters. The Labute approximate surface area is 202 Å². The number of para-hydroxylation sites is 1. The van der Waals surface area contributed by atoms with Gasteiger partial charge in [0.2, 0.25) is 0 Å². The van der Waals surface area contributed by atoms with Gasteiger partial charge in [-0.25, -0.2) is 0 Å². The summed E-state index contributed by atoms with van der Waals surface area (Å²) in [5, 5.41) is 15.5. The van der Waals surface area contributed by atoms with Crippen molar-refractivity contribution in [3.8, 4) is 5.75 Å². The summed E-state index contributed by atoms with van der Waals surface area (Å²) in [6, 6.07) is 20.9. The second-order valence-electron chi connectivity index (χ2n) is 9.55. The van der Waals surface area contributed by atoms with E-state index in [1.54, 1.807) is 6.20 Å². The van der Waals surface area contributed by atoms with Crippen LogP contribution in [0, 0.1) is 0 Å². The summed E-state index contributed by atoms with van der Waals surface area (Å²) >= 11 is 0. The number of aromatic nitrogens is 2. The topological polar surface area (TPSA) is 57.0 Å². The van der Waals surface area contributed by atoms with Crippen LogP contribution >= 0.6 is 0 Å². The predicted octanol–water partition coefficient (Wildman–Crippen LogP) is 2.72. The molecule has 3 heterocycles. The molecule has 0 saturated carbocycles. The molecule has 2 fully saturated rings. The fraction of sp³-hybridized carbons (Fsp3) is 0.444. The number of piperazine rings is 1.